The van der Waals surface area contributed by atoms with Crippen LogP contribution in [0.15, 0.2) is 29.3 Å². The Hall–Kier alpha value is -2.77. The van der Waals surface area contributed by atoms with Crippen LogP contribution in [0, 0.1) is 0 Å². The van der Waals surface area contributed by atoms with Gasteiger partial charge in [0.1, 0.15) is 5.82 Å². The first-order chi connectivity index (χ1) is 8.65. The highest BCUT2D eigenvalue weighted by molar-refractivity contribution is 5.74. The predicted molar refractivity (Wildman–Crippen MR) is 63.3 cm³/mol. The predicted octanol–water partition coefficient (Wildman–Crippen LogP) is -0.310. The van der Waals surface area contributed by atoms with Gasteiger partial charge in [-0.05, 0) is 12.1 Å². The third kappa shape index (κ3) is 2.88. The summed E-state index contributed by atoms with van der Waals surface area (Å²) in [5, 5.41) is 0. The van der Waals surface area contributed by atoms with E-state index in [9.17, 15) is 9.59 Å². The molecule has 0 aliphatic rings. The minimum Gasteiger partial charge on any atom is -0.290 e. The van der Waals surface area contributed by atoms with Gasteiger partial charge in [-0.2, -0.15) is 9.97 Å². The molecule has 0 aromatic carbocycles. The van der Waals surface area contributed by atoms with E-state index in [0.29, 0.717) is 11.4 Å². The molecule has 0 fully saturated rings. The van der Waals surface area contributed by atoms with Crippen molar-refractivity contribution in [2.24, 2.45) is 0 Å². The van der Waals surface area contributed by atoms with Crippen LogP contribution in [0.25, 0.3) is 11.4 Å². The lowest BCUT2D eigenvalue weighted by atomic mass is 10.2. The number of rotatable bonds is 3. The second-order valence-corrected chi connectivity index (χ2v) is 3.37. The lowest BCUT2D eigenvalue weighted by Crippen LogP contribution is -2.29. The Morgan fingerprint density at radius 1 is 1.28 bits per heavy atom. The quantitative estimate of drug-likeness (QED) is 0.640. The summed E-state index contributed by atoms with van der Waals surface area (Å²) in [4.78, 5) is 36.1. The van der Waals surface area contributed by atoms with Crippen LogP contribution >= 0.6 is 0 Å². The van der Waals surface area contributed by atoms with Crippen LogP contribution in [0.3, 0.4) is 0 Å². The molecule has 2 aromatic rings. The maximum absolute atomic E-state index is 11.4. The van der Waals surface area contributed by atoms with Gasteiger partial charge < -0.3 is 0 Å². The molecule has 18 heavy (non-hydrogen) atoms. The number of H-pyrrole nitrogens is 1. The number of pyridine rings is 1. The first kappa shape index (κ1) is 11.7. The van der Waals surface area contributed by atoms with Crippen LogP contribution in [0.1, 0.15) is 6.92 Å². The molecule has 0 saturated carbocycles. The van der Waals surface area contributed by atoms with Crippen LogP contribution in [0.5, 0.6) is 0 Å². The van der Waals surface area contributed by atoms with Crippen molar-refractivity contribution in [3.63, 3.8) is 0 Å². The highest BCUT2D eigenvalue weighted by Crippen LogP contribution is 2.11. The zero-order chi connectivity index (χ0) is 13.0. The standard InChI is InChI=1S/C10H10N6O2/c1-6(17)15-16-9-12-8(13-10(18)14-9)7-2-4-11-5-3-7/h2-5H,1H3,(H,15,17)(H2,12,13,14,16,18). The maximum atomic E-state index is 11.4. The van der Waals surface area contributed by atoms with Gasteiger partial charge in [0.15, 0.2) is 0 Å². The van der Waals surface area contributed by atoms with E-state index in [2.05, 4.69) is 30.8 Å². The van der Waals surface area contributed by atoms with E-state index in [1.165, 1.54) is 6.92 Å². The molecule has 0 aliphatic heterocycles. The fourth-order valence-corrected chi connectivity index (χ4v) is 1.23. The van der Waals surface area contributed by atoms with Gasteiger partial charge in [0.05, 0.1) is 0 Å². The van der Waals surface area contributed by atoms with Crippen molar-refractivity contribution in [1.82, 2.24) is 25.4 Å². The molecular weight excluding hydrogens is 236 g/mol. The molecule has 2 rings (SSSR count). The Morgan fingerprint density at radius 2 is 2.00 bits per heavy atom. The van der Waals surface area contributed by atoms with Gasteiger partial charge in [0, 0.05) is 24.9 Å². The highest BCUT2D eigenvalue weighted by atomic mass is 16.2. The molecule has 1 amide bonds. The molecule has 0 radical (unpaired) electrons. The first-order valence-corrected chi connectivity index (χ1v) is 5.06. The van der Waals surface area contributed by atoms with Gasteiger partial charge in [0.25, 0.3) is 0 Å². The van der Waals surface area contributed by atoms with Gasteiger partial charge in [-0.15, -0.1) is 0 Å². The average molecular weight is 246 g/mol. The summed E-state index contributed by atoms with van der Waals surface area (Å²) in [5.74, 6) is 0.0374. The lowest BCUT2D eigenvalue weighted by Gasteiger charge is -2.05. The number of amides is 1. The number of aromatic amines is 1. The molecule has 8 nitrogen and oxygen atoms in total. The van der Waals surface area contributed by atoms with Crippen molar-refractivity contribution in [3.8, 4) is 11.4 Å². The molecule has 0 aliphatic carbocycles. The second-order valence-electron chi connectivity index (χ2n) is 3.37. The molecule has 3 N–H and O–H groups in total. The summed E-state index contributed by atoms with van der Waals surface area (Å²) in [7, 11) is 0. The summed E-state index contributed by atoms with van der Waals surface area (Å²) in [6.45, 7) is 1.32. The normalized spacial score (nSPS) is 9.83. The summed E-state index contributed by atoms with van der Waals surface area (Å²) < 4.78 is 0. The second kappa shape index (κ2) is 5.04. The van der Waals surface area contributed by atoms with Crippen LogP contribution < -0.4 is 16.5 Å². The molecule has 0 saturated heterocycles. The van der Waals surface area contributed by atoms with E-state index in [4.69, 9.17) is 0 Å². The molecule has 8 heteroatoms. The number of aromatic nitrogens is 4. The number of nitrogens with one attached hydrogen (secondary N) is 3. The fourth-order valence-electron chi connectivity index (χ4n) is 1.23. The lowest BCUT2D eigenvalue weighted by molar-refractivity contribution is -0.118. The van der Waals surface area contributed by atoms with E-state index >= 15 is 0 Å². The van der Waals surface area contributed by atoms with E-state index in [1.807, 2.05) is 0 Å². The van der Waals surface area contributed by atoms with Gasteiger partial charge in [-0.3, -0.25) is 25.6 Å². The summed E-state index contributed by atoms with van der Waals surface area (Å²) >= 11 is 0. The Labute approximate surface area is 101 Å². The van der Waals surface area contributed by atoms with Crippen LogP contribution in [-0.4, -0.2) is 25.8 Å². The monoisotopic (exact) mass is 246 g/mol. The number of carbonyl (C=O) groups is 1. The van der Waals surface area contributed by atoms with Gasteiger partial charge in [-0.1, -0.05) is 0 Å². The van der Waals surface area contributed by atoms with Crippen LogP contribution in [0.2, 0.25) is 0 Å². The Morgan fingerprint density at radius 3 is 2.67 bits per heavy atom. The van der Waals surface area contributed by atoms with E-state index in [-0.39, 0.29) is 11.9 Å². The van der Waals surface area contributed by atoms with Crippen molar-refractivity contribution < 1.29 is 4.79 Å². The molecular formula is C10H10N6O2. The zero-order valence-corrected chi connectivity index (χ0v) is 9.47. The third-order valence-electron chi connectivity index (χ3n) is 1.95. The van der Waals surface area contributed by atoms with Gasteiger partial charge in [-0.25, -0.2) is 4.79 Å². The number of carbonyl (C=O) groups excluding carboxylic acids is 1. The number of anilines is 1. The third-order valence-corrected chi connectivity index (χ3v) is 1.95. The smallest absolute Gasteiger partial charge is 0.290 e. The molecule has 0 unspecified atom stereocenters. The summed E-state index contributed by atoms with van der Waals surface area (Å²) in [6, 6.07) is 3.39. The molecule has 0 bridgehead atoms. The molecule has 2 aromatic heterocycles. The molecule has 0 spiro atoms. The van der Waals surface area contributed by atoms with E-state index < -0.39 is 5.69 Å². The van der Waals surface area contributed by atoms with Crippen molar-refractivity contribution in [2.45, 2.75) is 6.92 Å². The maximum Gasteiger partial charge on any atom is 0.349 e. The topological polar surface area (TPSA) is 113 Å². The Bertz CT molecular complexity index is 609. The Balaban J connectivity index is 2.32. The number of hydrogen-bond acceptors (Lipinski definition) is 6. The summed E-state index contributed by atoms with van der Waals surface area (Å²) in [5.41, 5.74) is 4.85. The van der Waals surface area contributed by atoms with Crippen LogP contribution in [-0.2, 0) is 4.79 Å². The van der Waals surface area contributed by atoms with Crippen molar-refractivity contribution in [2.75, 3.05) is 5.43 Å². The number of hydrazine groups is 1. The molecule has 0 atom stereocenters. The van der Waals surface area contributed by atoms with Crippen molar-refractivity contribution in [3.05, 3.63) is 35.0 Å². The number of nitrogens with zero attached hydrogens (tertiary/aromatic N) is 3. The molecule has 92 valence electrons. The zero-order valence-electron chi connectivity index (χ0n) is 9.47. The minimum atomic E-state index is -0.565. The SMILES string of the molecule is CC(=O)NNc1nc(-c2ccncc2)[nH]c(=O)n1. The van der Waals surface area contributed by atoms with E-state index in [1.54, 1.807) is 24.5 Å². The summed E-state index contributed by atoms with van der Waals surface area (Å²) in [6.07, 6.45) is 3.16. The van der Waals surface area contributed by atoms with E-state index in [0.717, 1.165) is 0 Å². The van der Waals surface area contributed by atoms with Gasteiger partial charge >= 0.3 is 5.69 Å². The fraction of sp³-hybridized carbons (Fsp3) is 0.100. The minimum absolute atomic E-state index is 0.0146. The average Bonchev–Trinajstić information content (AvgIpc) is 2.37. The molecule has 2 heterocycles. The van der Waals surface area contributed by atoms with Crippen LogP contribution in [0.4, 0.5) is 5.95 Å². The van der Waals surface area contributed by atoms with Crippen molar-refractivity contribution >= 4 is 11.9 Å². The number of hydrogen-bond donors (Lipinski definition) is 3. The largest absolute Gasteiger partial charge is 0.349 e. The first-order valence-electron chi connectivity index (χ1n) is 5.06. The Kier molecular flexibility index (Phi) is 3.28. The van der Waals surface area contributed by atoms with Gasteiger partial charge in [0.2, 0.25) is 11.9 Å². The highest BCUT2D eigenvalue weighted by Gasteiger charge is 2.04. The van der Waals surface area contributed by atoms with Crippen molar-refractivity contribution in [1.29, 1.82) is 0 Å².